The van der Waals surface area contributed by atoms with Gasteiger partial charge in [-0.05, 0) is 43.9 Å². The zero-order valence-electron chi connectivity index (χ0n) is 11.7. The first-order chi connectivity index (χ1) is 10.1. The molecule has 1 aliphatic carbocycles. The Kier molecular flexibility index (Phi) is 3.51. The summed E-state index contributed by atoms with van der Waals surface area (Å²) in [6.07, 6.45) is 5.97. The lowest BCUT2D eigenvalue weighted by molar-refractivity contribution is -0.119. The smallest absolute Gasteiger partial charge is 0.267 e. The van der Waals surface area contributed by atoms with Crippen LogP contribution in [-0.4, -0.2) is 20.7 Å². The van der Waals surface area contributed by atoms with Crippen molar-refractivity contribution in [2.45, 2.75) is 32.2 Å². The summed E-state index contributed by atoms with van der Waals surface area (Å²) in [7, 11) is 0. The number of amides is 1. The Morgan fingerprint density at radius 1 is 1.43 bits per heavy atom. The number of nitrogens with one attached hydrogen (secondary N) is 1. The number of anilines is 1. The molecule has 1 unspecified atom stereocenters. The molecule has 0 aromatic carbocycles. The molecule has 0 saturated carbocycles. The van der Waals surface area contributed by atoms with E-state index >= 15 is 0 Å². The molecular formula is C15H16N4O2. The molecule has 1 aliphatic rings. The maximum Gasteiger partial charge on any atom is 0.267 e. The van der Waals surface area contributed by atoms with E-state index in [1.165, 1.54) is 4.68 Å². The van der Waals surface area contributed by atoms with Crippen molar-refractivity contribution < 1.29 is 4.79 Å². The average molecular weight is 284 g/mol. The van der Waals surface area contributed by atoms with E-state index in [0.29, 0.717) is 5.69 Å². The first-order valence-corrected chi connectivity index (χ1v) is 6.97. The summed E-state index contributed by atoms with van der Waals surface area (Å²) >= 11 is 0. The first kappa shape index (κ1) is 13.5. The molecule has 0 aliphatic heterocycles. The van der Waals surface area contributed by atoms with Crippen molar-refractivity contribution in [1.82, 2.24) is 14.8 Å². The fourth-order valence-corrected chi connectivity index (χ4v) is 2.49. The Labute approximate surface area is 121 Å². The van der Waals surface area contributed by atoms with Crippen LogP contribution in [0.25, 0.3) is 0 Å². The van der Waals surface area contributed by atoms with E-state index in [2.05, 4.69) is 15.4 Å². The van der Waals surface area contributed by atoms with Crippen molar-refractivity contribution in [3.8, 4) is 0 Å². The summed E-state index contributed by atoms with van der Waals surface area (Å²) < 4.78 is 1.26. The monoisotopic (exact) mass is 284 g/mol. The highest BCUT2D eigenvalue weighted by molar-refractivity contribution is 5.93. The van der Waals surface area contributed by atoms with Crippen LogP contribution in [0.4, 0.5) is 5.69 Å². The van der Waals surface area contributed by atoms with Gasteiger partial charge in [0.15, 0.2) is 0 Å². The van der Waals surface area contributed by atoms with Crippen LogP contribution in [0.15, 0.2) is 35.4 Å². The van der Waals surface area contributed by atoms with Crippen molar-refractivity contribution in [2.24, 2.45) is 0 Å². The highest BCUT2D eigenvalue weighted by Crippen LogP contribution is 2.18. The fourth-order valence-electron chi connectivity index (χ4n) is 2.49. The van der Waals surface area contributed by atoms with Gasteiger partial charge in [-0.3, -0.25) is 14.6 Å². The lowest BCUT2D eigenvalue weighted by Gasteiger charge is -2.14. The zero-order valence-corrected chi connectivity index (χ0v) is 11.7. The number of pyridine rings is 1. The van der Waals surface area contributed by atoms with Gasteiger partial charge in [-0.1, -0.05) is 0 Å². The fraction of sp³-hybridized carbons (Fsp3) is 0.333. The van der Waals surface area contributed by atoms with Crippen LogP contribution in [0.5, 0.6) is 0 Å². The molecule has 0 radical (unpaired) electrons. The predicted octanol–water partition coefficient (Wildman–Crippen LogP) is 1.33. The number of rotatable bonds is 3. The number of fused-ring (bicyclic) bond motifs is 1. The molecule has 0 fully saturated rings. The number of hydrogen-bond acceptors (Lipinski definition) is 4. The third-order valence-electron chi connectivity index (χ3n) is 3.66. The molecule has 108 valence electrons. The van der Waals surface area contributed by atoms with Crippen LogP contribution >= 0.6 is 0 Å². The Morgan fingerprint density at radius 3 is 3.05 bits per heavy atom. The Morgan fingerprint density at radius 2 is 2.29 bits per heavy atom. The van der Waals surface area contributed by atoms with Gasteiger partial charge in [-0.25, -0.2) is 4.68 Å². The van der Waals surface area contributed by atoms with Crippen molar-refractivity contribution in [3.05, 3.63) is 52.2 Å². The van der Waals surface area contributed by atoms with Crippen molar-refractivity contribution in [2.75, 3.05) is 5.32 Å². The number of aryl methyl sites for hydroxylation is 2. The van der Waals surface area contributed by atoms with E-state index in [-0.39, 0.29) is 11.5 Å². The third kappa shape index (κ3) is 2.69. The summed E-state index contributed by atoms with van der Waals surface area (Å²) in [4.78, 5) is 28.2. The van der Waals surface area contributed by atoms with Gasteiger partial charge < -0.3 is 5.32 Å². The van der Waals surface area contributed by atoms with Crippen LogP contribution in [0.2, 0.25) is 0 Å². The molecule has 21 heavy (non-hydrogen) atoms. The molecule has 2 heterocycles. The quantitative estimate of drug-likeness (QED) is 0.922. The molecule has 0 bridgehead atoms. The first-order valence-electron chi connectivity index (χ1n) is 6.97. The summed E-state index contributed by atoms with van der Waals surface area (Å²) in [5, 5.41) is 7.08. The molecule has 6 nitrogen and oxygen atoms in total. The van der Waals surface area contributed by atoms with Crippen LogP contribution in [0.3, 0.4) is 0 Å². The normalized spacial score (nSPS) is 14.5. The summed E-state index contributed by atoms with van der Waals surface area (Å²) in [5.41, 5.74) is 2.31. The molecule has 0 saturated heterocycles. The summed E-state index contributed by atoms with van der Waals surface area (Å²) in [6, 6.07) is 4.42. The number of hydrogen-bond donors (Lipinski definition) is 1. The van der Waals surface area contributed by atoms with Crippen LogP contribution < -0.4 is 10.9 Å². The topological polar surface area (TPSA) is 76.9 Å². The van der Waals surface area contributed by atoms with Gasteiger partial charge in [-0.2, -0.15) is 5.10 Å². The van der Waals surface area contributed by atoms with Crippen LogP contribution in [0.1, 0.15) is 30.6 Å². The molecule has 6 heteroatoms. The molecule has 2 aromatic heterocycles. The molecule has 2 aromatic rings. The largest absolute Gasteiger partial charge is 0.323 e. The van der Waals surface area contributed by atoms with Crippen LogP contribution in [-0.2, 0) is 17.6 Å². The van der Waals surface area contributed by atoms with E-state index < -0.39 is 6.04 Å². The average Bonchev–Trinajstić information content (AvgIpc) is 2.93. The minimum absolute atomic E-state index is 0.232. The Bertz CT molecular complexity index is 724. The van der Waals surface area contributed by atoms with Gasteiger partial charge >= 0.3 is 0 Å². The van der Waals surface area contributed by atoms with E-state index in [4.69, 9.17) is 0 Å². The second-order valence-corrected chi connectivity index (χ2v) is 5.16. The lowest BCUT2D eigenvalue weighted by atomic mass is 10.2. The summed E-state index contributed by atoms with van der Waals surface area (Å²) in [5.74, 6) is -0.282. The number of nitrogens with zero attached hydrogens (tertiary/aromatic N) is 3. The van der Waals surface area contributed by atoms with Gasteiger partial charge in [0.05, 0.1) is 17.6 Å². The SMILES string of the molecule is CC(C(=O)Nc1cccnc1)n1nc2c(cc1=O)CCC2. The highest BCUT2D eigenvalue weighted by atomic mass is 16.2. The van der Waals surface area contributed by atoms with Crippen molar-refractivity contribution in [3.63, 3.8) is 0 Å². The highest BCUT2D eigenvalue weighted by Gasteiger charge is 2.21. The molecule has 1 atom stereocenters. The second kappa shape index (κ2) is 5.47. The van der Waals surface area contributed by atoms with E-state index in [1.807, 2.05) is 0 Å². The van der Waals surface area contributed by atoms with Crippen molar-refractivity contribution >= 4 is 11.6 Å². The third-order valence-corrected chi connectivity index (χ3v) is 3.66. The van der Waals surface area contributed by atoms with Gasteiger partial charge in [0, 0.05) is 12.3 Å². The Hall–Kier alpha value is -2.50. The molecule has 3 rings (SSSR count). The predicted molar refractivity (Wildman–Crippen MR) is 78.1 cm³/mol. The number of carbonyl (C=O) groups is 1. The molecule has 1 N–H and O–H groups in total. The maximum absolute atomic E-state index is 12.2. The molecular weight excluding hydrogens is 268 g/mol. The van der Waals surface area contributed by atoms with Crippen molar-refractivity contribution in [1.29, 1.82) is 0 Å². The summed E-state index contributed by atoms with van der Waals surface area (Å²) in [6.45, 7) is 1.67. The van der Waals surface area contributed by atoms with Gasteiger partial charge in [0.2, 0.25) is 5.91 Å². The van der Waals surface area contributed by atoms with Crippen LogP contribution in [0, 0.1) is 0 Å². The lowest BCUT2D eigenvalue weighted by Crippen LogP contribution is -2.34. The minimum Gasteiger partial charge on any atom is -0.323 e. The van der Waals surface area contributed by atoms with Gasteiger partial charge in [0.25, 0.3) is 5.56 Å². The minimum atomic E-state index is -0.663. The van der Waals surface area contributed by atoms with E-state index in [1.54, 1.807) is 37.5 Å². The number of carbonyl (C=O) groups excluding carboxylic acids is 1. The van der Waals surface area contributed by atoms with Gasteiger partial charge in [0.1, 0.15) is 6.04 Å². The van der Waals surface area contributed by atoms with E-state index in [0.717, 1.165) is 30.5 Å². The molecule has 1 amide bonds. The van der Waals surface area contributed by atoms with E-state index in [9.17, 15) is 9.59 Å². The maximum atomic E-state index is 12.2. The Balaban J connectivity index is 1.83. The number of aromatic nitrogens is 3. The zero-order chi connectivity index (χ0) is 14.8. The second-order valence-electron chi connectivity index (χ2n) is 5.16. The molecule has 0 spiro atoms. The standard InChI is InChI=1S/C15H16N4O2/c1-10(15(21)17-12-5-3-7-16-9-12)19-14(20)8-11-4-2-6-13(11)18-19/h3,5,7-10H,2,4,6H2,1H3,(H,17,21). The van der Waals surface area contributed by atoms with Gasteiger partial charge in [-0.15, -0.1) is 0 Å².